The summed E-state index contributed by atoms with van der Waals surface area (Å²) in [6.45, 7) is 4.33. The molecular weight excluding hydrogens is 393 g/mol. The number of carbonyl (C=O) groups is 1. The molecule has 0 aliphatic carbocycles. The van der Waals surface area contributed by atoms with Crippen LogP contribution in [0.3, 0.4) is 0 Å². The van der Waals surface area contributed by atoms with Crippen molar-refractivity contribution in [1.29, 1.82) is 0 Å². The highest BCUT2D eigenvalue weighted by Crippen LogP contribution is 2.35. The molecule has 2 heterocycles. The van der Waals surface area contributed by atoms with Gasteiger partial charge in [-0.2, -0.15) is 0 Å². The van der Waals surface area contributed by atoms with Gasteiger partial charge in [0.2, 0.25) is 0 Å². The Bertz CT molecular complexity index is 866. The minimum Gasteiger partial charge on any atom is -0.410 e. The van der Waals surface area contributed by atoms with E-state index in [-0.39, 0.29) is 17.1 Å². The number of fused-ring (bicyclic) bond motifs is 1. The molecule has 9 heteroatoms. The van der Waals surface area contributed by atoms with Crippen molar-refractivity contribution in [3.05, 3.63) is 46.2 Å². The molecule has 0 fully saturated rings. The van der Waals surface area contributed by atoms with E-state index in [0.29, 0.717) is 23.5 Å². The molecule has 0 saturated heterocycles. The summed E-state index contributed by atoms with van der Waals surface area (Å²) in [6, 6.07) is 4.12. The summed E-state index contributed by atoms with van der Waals surface area (Å²) < 4.78 is 22.1. The zero-order valence-electron chi connectivity index (χ0n) is 13.7. The average Bonchev–Trinajstić information content (AvgIpc) is 2.90. The number of amidine groups is 1. The minimum absolute atomic E-state index is 0.217. The number of nitrogens with one attached hydrogen (secondary N) is 1. The molecule has 3 rings (SSSR count). The predicted octanol–water partition coefficient (Wildman–Crippen LogP) is 2.53. The summed E-state index contributed by atoms with van der Waals surface area (Å²) in [4.78, 5) is 20.3. The first-order valence-corrected chi connectivity index (χ1v) is 8.46. The van der Waals surface area contributed by atoms with Crippen molar-refractivity contribution in [2.45, 2.75) is 25.9 Å². The van der Waals surface area contributed by atoms with Crippen LogP contribution < -0.4 is 15.8 Å². The third-order valence-corrected chi connectivity index (χ3v) is 4.25. The van der Waals surface area contributed by atoms with Crippen LogP contribution in [-0.4, -0.2) is 28.0 Å². The Balaban J connectivity index is 1.98. The largest absolute Gasteiger partial charge is 0.412 e. The maximum absolute atomic E-state index is 14.5. The summed E-state index contributed by atoms with van der Waals surface area (Å²) in [5.74, 6) is 0.522. The van der Waals surface area contributed by atoms with Gasteiger partial charge in [0.15, 0.2) is 11.7 Å². The molecule has 3 N–H and O–H groups in total. The van der Waals surface area contributed by atoms with Gasteiger partial charge in [0.05, 0.1) is 6.54 Å². The monoisotopic (exact) mass is 409 g/mol. The van der Waals surface area contributed by atoms with Gasteiger partial charge in [0, 0.05) is 18.3 Å². The third-order valence-electron chi connectivity index (χ3n) is 3.87. The summed E-state index contributed by atoms with van der Waals surface area (Å²) in [7, 11) is 0. The first-order valence-electron chi connectivity index (χ1n) is 7.66. The SMILES string of the molecule is CCNC(=O)Oc1ccc(F)c(C2(C)Cn3cc(Br)nc3C(N)=N2)c1. The highest BCUT2D eigenvalue weighted by molar-refractivity contribution is 9.10. The van der Waals surface area contributed by atoms with Gasteiger partial charge in [-0.15, -0.1) is 0 Å². The highest BCUT2D eigenvalue weighted by atomic mass is 79.9. The number of nitrogens with zero attached hydrogens (tertiary/aromatic N) is 3. The van der Waals surface area contributed by atoms with Crippen molar-refractivity contribution >= 4 is 27.9 Å². The number of aromatic nitrogens is 2. The van der Waals surface area contributed by atoms with Crippen LogP contribution in [0.1, 0.15) is 25.2 Å². The number of benzene rings is 1. The van der Waals surface area contributed by atoms with Gasteiger partial charge >= 0.3 is 6.09 Å². The number of nitrogens with two attached hydrogens (primary N) is 1. The Hall–Kier alpha value is -2.42. The van der Waals surface area contributed by atoms with E-state index in [1.54, 1.807) is 20.0 Å². The zero-order chi connectivity index (χ0) is 18.2. The molecule has 1 aliphatic rings. The van der Waals surface area contributed by atoms with Crippen molar-refractivity contribution in [3.63, 3.8) is 0 Å². The van der Waals surface area contributed by atoms with Crippen LogP contribution in [0.2, 0.25) is 0 Å². The summed E-state index contributed by atoms with van der Waals surface area (Å²) in [5, 5.41) is 2.52. The van der Waals surface area contributed by atoms with Crippen molar-refractivity contribution in [2.75, 3.05) is 6.54 Å². The smallest absolute Gasteiger partial charge is 0.410 e. The van der Waals surface area contributed by atoms with Crippen LogP contribution in [0.5, 0.6) is 5.75 Å². The lowest BCUT2D eigenvalue weighted by Gasteiger charge is -2.31. The van der Waals surface area contributed by atoms with E-state index in [4.69, 9.17) is 10.5 Å². The average molecular weight is 410 g/mol. The number of aliphatic imine (C=N–C) groups is 1. The number of amides is 1. The second kappa shape index (κ2) is 6.47. The number of ether oxygens (including phenoxy) is 1. The number of hydrogen-bond donors (Lipinski definition) is 2. The second-order valence-electron chi connectivity index (χ2n) is 5.85. The molecule has 1 aromatic carbocycles. The topological polar surface area (TPSA) is 94.5 Å². The Morgan fingerprint density at radius 1 is 1.56 bits per heavy atom. The molecule has 1 atom stereocenters. The van der Waals surface area contributed by atoms with Crippen LogP contribution in [0.15, 0.2) is 34.0 Å². The van der Waals surface area contributed by atoms with E-state index >= 15 is 0 Å². The molecule has 0 saturated carbocycles. The van der Waals surface area contributed by atoms with Crippen LogP contribution in [0.25, 0.3) is 0 Å². The first-order chi connectivity index (χ1) is 11.8. The van der Waals surface area contributed by atoms with E-state index in [1.807, 2.05) is 4.57 Å². The summed E-state index contributed by atoms with van der Waals surface area (Å²) in [6.07, 6.45) is 1.17. The second-order valence-corrected chi connectivity index (χ2v) is 6.66. The van der Waals surface area contributed by atoms with Crippen LogP contribution in [0, 0.1) is 5.82 Å². The van der Waals surface area contributed by atoms with Crippen molar-refractivity contribution in [3.8, 4) is 5.75 Å². The van der Waals surface area contributed by atoms with E-state index in [9.17, 15) is 9.18 Å². The van der Waals surface area contributed by atoms with Crippen molar-refractivity contribution in [2.24, 2.45) is 10.7 Å². The maximum atomic E-state index is 14.5. The minimum atomic E-state index is -0.956. The molecule has 1 aliphatic heterocycles. The summed E-state index contributed by atoms with van der Waals surface area (Å²) in [5.41, 5.74) is 5.34. The van der Waals surface area contributed by atoms with E-state index in [0.717, 1.165) is 0 Å². The fourth-order valence-corrected chi connectivity index (χ4v) is 3.22. The molecule has 0 radical (unpaired) electrons. The number of hydrogen-bond acceptors (Lipinski definition) is 5. The van der Waals surface area contributed by atoms with E-state index in [2.05, 4.69) is 31.2 Å². The van der Waals surface area contributed by atoms with Crippen LogP contribution >= 0.6 is 15.9 Å². The van der Waals surface area contributed by atoms with Crippen LogP contribution in [0.4, 0.5) is 9.18 Å². The maximum Gasteiger partial charge on any atom is 0.412 e. The molecule has 1 unspecified atom stereocenters. The van der Waals surface area contributed by atoms with Gasteiger partial charge in [0.25, 0.3) is 0 Å². The standard InChI is InChI=1S/C16H17BrFN5O2/c1-3-20-15(24)25-9-4-5-11(18)10(6-9)16(2)8-23-7-12(17)21-14(23)13(19)22-16/h4-7H,3,8H2,1-2H3,(H2,19,22)(H,20,24). The Kier molecular flexibility index (Phi) is 4.51. The lowest BCUT2D eigenvalue weighted by Crippen LogP contribution is -2.37. The predicted molar refractivity (Wildman–Crippen MR) is 94.1 cm³/mol. The normalized spacial score (nSPS) is 19.1. The molecule has 0 spiro atoms. The van der Waals surface area contributed by atoms with Gasteiger partial charge in [-0.25, -0.2) is 14.2 Å². The van der Waals surface area contributed by atoms with Gasteiger partial charge in [0.1, 0.15) is 21.7 Å². The van der Waals surface area contributed by atoms with Gasteiger partial charge in [-0.05, 0) is 48.0 Å². The Morgan fingerprint density at radius 2 is 2.32 bits per heavy atom. The molecule has 1 amide bonds. The molecular formula is C16H17BrFN5O2. The zero-order valence-corrected chi connectivity index (χ0v) is 15.3. The quantitative estimate of drug-likeness (QED) is 0.813. The van der Waals surface area contributed by atoms with Gasteiger partial charge < -0.3 is 20.4 Å². The molecule has 0 bridgehead atoms. The third kappa shape index (κ3) is 3.37. The fourth-order valence-electron chi connectivity index (χ4n) is 2.81. The van der Waals surface area contributed by atoms with E-state index in [1.165, 1.54) is 18.2 Å². The Labute approximate surface area is 152 Å². The molecule has 1 aromatic heterocycles. The lowest BCUT2D eigenvalue weighted by molar-refractivity contribution is 0.201. The van der Waals surface area contributed by atoms with Gasteiger partial charge in [-0.1, -0.05) is 0 Å². The Morgan fingerprint density at radius 3 is 3.04 bits per heavy atom. The van der Waals surface area contributed by atoms with E-state index < -0.39 is 17.4 Å². The number of rotatable bonds is 3. The van der Waals surface area contributed by atoms with Crippen molar-refractivity contribution < 1.29 is 13.9 Å². The van der Waals surface area contributed by atoms with Crippen LogP contribution in [-0.2, 0) is 12.1 Å². The number of imidazole rings is 1. The number of halogens is 2. The van der Waals surface area contributed by atoms with Gasteiger partial charge in [-0.3, -0.25) is 4.99 Å². The first kappa shape index (κ1) is 17.4. The molecule has 132 valence electrons. The fraction of sp³-hybridized carbons (Fsp3) is 0.312. The number of carbonyl (C=O) groups excluding carboxylic acids is 1. The summed E-state index contributed by atoms with van der Waals surface area (Å²) >= 11 is 3.30. The molecule has 2 aromatic rings. The molecule has 25 heavy (non-hydrogen) atoms. The van der Waals surface area contributed by atoms with Crippen molar-refractivity contribution in [1.82, 2.24) is 14.9 Å². The highest BCUT2D eigenvalue weighted by Gasteiger charge is 2.35. The lowest BCUT2D eigenvalue weighted by atomic mass is 9.90. The molecule has 7 nitrogen and oxygen atoms in total.